The van der Waals surface area contributed by atoms with E-state index in [4.69, 9.17) is 27.7 Å². The molecular formula is C48H28BBr2IO6. The average Bonchev–Trinajstić information content (AvgIpc) is 4.00. The Hall–Kier alpha value is -5.37. The Labute approximate surface area is 361 Å². The van der Waals surface area contributed by atoms with Crippen LogP contribution >= 0.6 is 54.5 Å². The second-order valence-electron chi connectivity index (χ2n) is 13.9. The summed E-state index contributed by atoms with van der Waals surface area (Å²) in [5.74, 6) is 0. The highest BCUT2D eigenvalue weighted by Gasteiger charge is 2.15. The molecule has 58 heavy (non-hydrogen) atoms. The van der Waals surface area contributed by atoms with Gasteiger partial charge in [-0.05, 0) is 136 Å². The molecule has 0 unspecified atom stereocenters. The smallest absolute Gasteiger partial charge is 0.456 e. The van der Waals surface area contributed by atoms with Crippen LogP contribution in [0.3, 0.4) is 0 Å². The Bertz CT molecular complexity index is 3450. The Kier molecular flexibility index (Phi) is 9.62. The van der Waals surface area contributed by atoms with Gasteiger partial charge in [0.1, 0.15) is 44.7 Å². The predicted octanol–water partition coefficient (Wildman–Crippen LogP) is 14.1. The first-order valence-corrected chi connectivity index (χ1v) is 21.0. The molecule has 0 atom stereocenters. The van der Waals surface area contributed by atoms with E-state index < -0.39 is 7.12 Å². The van der Waals surface area contributed by atoms with Crippen LogP contribution in [0, 0.1) is 3.57 Å². The summed E-state index contributed by atoms with van der Waals surface area (Å²) >= 11 is 9.35. The minimum Gasteiger partial charge on any atom is -0.456 e. The third kappa shape index (κ3) is 6.88. The predicted molar refractivity (Wildman–Crippen MR) is 252 cm³/mol. The lowest BCUT2D eigenvalue weighted by molar-refractivity contribution is 0.426. The third-order valence-electron chi connectivity index (χ3n) is 10.2. The maximum atomic E-state index is 9.12. The first-order valence-electron chi connectivity index (χ1n) is 18.3. The summed E-state index contributed by atoms with van der Waals surface area (Å²) in [6.45, 7) is 0. The van der Waals surface area contributed by atoms with Gasteiger partial charge in [0.15, 0.2) is 0 Å². The molecule has 0 amide bonds. The van der Waals surface area contributed by atoms with Gasteiger partial charge < -0.3 is 27.7 Å². The molecule has 0 spiro atoms. The number of hydrogen-bond donors (Lipinski definition) is 2. The summed E-state index contributed by atoms with van der Waals surface area (Å²) in [7, 11) is -1.45. The molecule has 0 radical (unpaired) electrons. The zero-order valence-corrected chi connectivity index (χ0v) is 35.6. The van der Waals surface area contributed by atoms with Crippen LogP contribution in [0.15, 0.2) is 184 Å². The molecule has 4 heterocycles. The summed E-state index contributed by atoms with van der Waals surface area (Å²) in [5.41, 5.74) is 9.90. The normalized spacial score (nSPS) is 11.5. The average molecular weight is 998 g/mol. The largest absolute Gasteiger partial charge is 0.488 e. The number of fused-ring (bicyclic) bond motifs is 12. The molecule has 4 aromatic heterocycles. The Morgan fingerprint density at radius 1 is 0.362 bits per heavy atom. The number of para-hydroxylation sites is 2. The van der Waals surface area contributed by atoms with Gasteiger partial charge in [-0.25, -0.2) is 0 Å². The lowest BCUT2D eigenvalue weighted by Crippen LogP contribution is -2.29. The molecule has 12 aromatic rings. The van der Waals surface area contributed by atoms with Crippen LogP contribution in [-0.4, -0.2) is 17.2 Å². The summed E-state index contributed by atoms with van der Waals surface area (Å²) < 4.78 is 26.6. The molecule has 2 N–H and O–H groups in total. The van der Waals surface area contributed by atoms with Crippen LogP contribution in [0.5, 0.6) is 0 Å². The number of hydrogen-bond acceptors (Lipinski definition) is 6. The van der Waals surface area contributed by atoms with Crippen LogP contribution in [0.4, 0.5) is 0 Å². The van der Waals surface area contributed by atoms with Crippen molar-refractivity contribution < 1.29 is 27.7 Å². The molecule has 0 bridgehead atoms. The fourth-order valence-electron chi connectivity index (χ4n) is 7.46. The topological polar surface area (TPSA) is 93.0 Å². The molecule has 12 rings (SSSR count). The summed E-state index contributed by atoms with van der Waals surface area (Å²) in [6.07, 6.45) is 0. The minimum atomic E-state index is -1.45. The quantitative estimate of drug-likeness (QED) is 0.132. The number of rotatable bonds is 2. The molecule has 0 saturated heterocycles. The summed E-state index contributed by atoms with van der Waals surface area (Å²) in [5, 5.41) is 27.0. The Balaban J connectivity index is 0.000000113. The van der Waals surface area contributed by atoms with Crippen molar-refractivity contribution in [2.75, 3.05) is 0 Å². The van der Waals surface area contributed by atoms with Crippen LogP contribution in [-0.2, 0) is 0 Å². The highest BCUT2D eigenvalue weighted by molar-refractivity contribution is 14.1. The monoisotopic (exact) mass is 996 g/mol. The Morgan fingerprint density at radius 2 is 0.724 bits per heavy atom. The number of furan rings is 4. The molecular weight excluding hydrogens is 970 g/mol. The summed E-state index contributed by atoms with van der Waals surface area (Å²) in [6, 6.07) is 52.2. The lowest BCUT2D eigenvalue weighted by Gasteiger charge is -2.02. The van der Waals surface area contributed by atoms with E-state index in [1.165, 1.54) is 14.5 Å². The van der Waals surface area contributed by atoms with Crippen LogP contribution in [0.2, 0.25) is 0 Å². The van der Waals surface area contributed by atoms with Gasteiger partial charge in [0.2, 0.25) is 0 Å². The van der Waals surface area contributed by atoms with E-state index in [9.17, 15) is 0 Å². The molecule has 0 aliphatic carbocycles. The first kappa shape index (κ1) is 36.9. The van der Waals surface area contributed by atoms with Gasteiger partial charge in [-0.15, -0.1) is 0 Å². The molecule has 280 valence electrons. The molecule has 0 aliphatic heterocycles. The SMILES string of the molecule is Brc1ccc2oc3ccc(-c4ccc5oc6ccccc6c5c4)cc3c2c1.Brc1ccc2oc3ccc(I)cc3c2c1.OB(O)c1ccc2oc3ccccc3c2c1. The summed E-state index contributed by atoms with van der Waals surface area (Å²) in [4.78, 5) is 0. The van der Waals surface area contributed by atoms with Gasteiger partial charge in [-0.3, -0.25) is 0 Å². The van der Waals surface area contributed by atoms with Crippen molar-refractivity contribution in [1.29, 1.82) is 0 Å². The zero-order chi connectivity index (χ0) is 39.5. The van der Waals surface area contributed by atoms with E-state index in [1.54, 1.807) is 18.2 Å². The Morgan fingerprint density at radius 3 is 1.22 bits per heavy atom. The van der Waals surface area contributed by atoms with Crippen molar-refractivity contribution in [3.8, 4) is 11.1 Å². The molecule has 0 aliphatic rings. The van der Waals surface area contributed by atoms with Crippen LogP contribution in [0.1, 0.15) is 0 Å². The van der Waals surface area contributed by atoms with E-state index in [0.29, 0.717) is 5.46 Å². The van der Waals surface area contributed by atoms with Gasteiger partial charge in [-0.1, -0.05) is 92.5 Å². The van der Waals surface area contributed by atoms with Crippen molar-refractivity contribution >= 4 is 155 Å². The van der Waals surface area contributed by atoms with Gasteiger partial charge in [0.05, 0.1) is 0 Å². The van der Waals surface area contributed by atoms with Crippen molar-refractivity contribution in [3.63, 3.8) is 0 Å². The number of benzene rings is 8. The first-order chi connectivity index (χ1) is 28.3. The fourth-order valence-corrected chi connectivity index (χ4v) is 8.67. The molecule has 10 heteroatoms. The van der Waals surface area contributed by atoms with Gasteiger partial charge in [-0.2, -0.15) is 0 Å². The van der Waals surface area contributed by atoms with E-state index in [-0.39, 0.29) is 0 Å². The minimum absolute atomic E-state index is 0.471. The lowest BCUT2D eigenvalue weighted by atomic mass is 9.80. The van der Waals surface area contributed by atoms with Crippen LogP contribution < -0.4 is 5.46 Å². The molecule has 6 nitrogen and oxygen atoms in total. The van der Waals surface area contributed by atoms with Crippen molar-refractivity contribution in [2.24, 2.45) is 0 Å². The van der Waals surface area contributed by atoms with Crippen molar-refractivity contribution in [1.82, 2.24) is 0 Å². The van der Waals surface area contributed by atoms with E-state index in [2.05, 4.69) is 121 Å². The maximum absolute atomic E-state index is 9.12. The van der Waals surface area contributed by atoms with E-state index in [1.807, 2.05) is 72.8 Å². The fraction of sp³-hybridized carbons (Fsp3) is 0. The van der Waals surface area contributed by atoms with E-state index >= 15 is 0 Å². The molecule has 0 saturated carbocycles. The van der Waals surface area contributed by atoms with Gasteiger partial charge in [0, 0.05) is 55.6 Å². The highest BCUT2D eigenvalue weighted by Crippen LogP contribution is 2.37. The molecule has 0 fully saturated rings. The molecule has 8 aromatic carbocycles. The highest BCUT2D eigenvalue weighted by atomic mass is 127. The maximum Gasteiger partial charge on any atom is 0.488 e. The van der Waals surface area contributed by atoms with Gasteiger partial charge >= 0.3 is 7.12 Å². The second kappa shape index (κ2) is 15.1. The number of halogens is 3. The zero-order valence-electron chi connectivity index (χ0n) is 30.2. The van der Waals surface area contributed by atoms with Crippen molar-refractivity contribution in [3.05, 3.63) is 170 Å². The second-order valence-corrected chi connectivity index (χ2v) is 17.0. The van der Waals surface area contributed by atoms with E-state index in [0.717, 1.165) is 96.9 Å². The standard InChI is InChI=1S/C24H13BrO2.C12H9BO3.C12H6BrIO/c25-16-7-10-24-20(13-16)19-12-15(6-9-23(19)27-24)14-5-8-22-18(11-14)17-3-1-2-4-21(17)26-22;14-13(15)8-5-6-12-10(7-8)9-3-1-2-4-11(9)16-12;13-7-1-3-11-9(5-7)10-6-8(14)2-4-12(10)15-11/h1-13H;1-7,14-15H;1-6H. The third-order valence-corrected chi connectivity index (χ3v) is 11.9. The van der Waals surface area contributed by atoms with Crippen molar-refractivity contribution in [2.45, 2.75) is 0 Å². The van der Waals surface area contributed by atoms with Crippen LogP contribution in [0.25, 0.3) is 98.9 Å². The van der Waals surface area contributed by atoms with Gasteiger partial charge in [0.25, 0.3) is 0 Å².